The van der Waals surface area contributed by atoms with Gasteiger partial charge in [-0.3, -0.25) is 0 Å². The lowest BCUT2D eigenvalue weighted by Gasteiger charge is -2.26. The first-order valence-electron chi connectivity index (χ1n) is 11.7. The number of hydrogen-bond acceptors (Lipinski definition) is 5. The van der Waals surface area contributed by atoms with Crippen LogP contribution in [0.3, 0.4) is 0 Å². The van der Waals surface area contributed by atoms with Crippen LogP contribution in [0.5, 0.6) is 5.75 Å². The van der Waals surface area contributed by atoms with Crippen LogP contribution in [0.2, 0.25) is 0 Å². The van der Waals surface area contributed by atoms with E-state index in [1.807, 2.05) is 38.2 Å². The quantitative estimate of drug-likeness (QED) is 0.378. The van der Waals surface area contributed by atoms with Crippen molar-refractivity contribution in [1.82, 2.24) is 15.1 Å². The lowest BCUT2D eigenvalue weighted by Crippen LogP contribution is -2.39. The first-order valence-corrected chi connectivity index (χ1v) is 11.7. The summed E-state index contributed by atoms with van der Waals surface area (Å²) in [6, 6.07) is 11.2. The van der Waals surface area contributed by atoms with E-state index in [4.69, 9.17) is 9.47 Å². The molecule has 0 saturated heterocycles. The zero-order chi connectivity index (χ0) is 26.7. The van der Waals surface area contributed by atoms with Gasteiger partial charge in [0.15, 0.2) is 5.60 Å². The molecule has 2 aromatic carbocycles. The van der Waals surface area contributed by atoms with Crippen molar-refractivity contribution >= 4 is 5.97 Å². The molecule has 36 heavy (non-hydrogen) atoms. The van der Waals surface area contributed by atoms with Crippen LogP contribution in [0.1, 0.15) is 54.8 Å². The van der Waals surface area contributed by atoms with Crippen molar-refractivity contribution in [3.63, 3.8) is 0 Å². The standard InChI is InChI=1S/C27H32F3N3O3/c1-7-35-25(34)26(4,5)36-24-11-8-19(14-18(24)3)22(31-6)16-21-12-13-32-33(21)23-10-9-20(15-17(23)2)27(28,29)30/h8-15,22,31H,7,16H2,1-6H3. The van der Waals surface area contributed by atoms with E-state index in [0.29, 0.717) is 23.4 Å². The van der Waals surface area contributed by atoms with Crippen molar-refractivity contribution in [1.29, 1.82) is 0 Å². The molecule has 6 nitrogen and oxygen atoms in total. The minimum absolute atomic E-state index is 0.0963. The number of halogens is 3. The van der Waals surface area contributed by atoms with E-state index in [0.717, 1.165) is 29.0 Å². The van der Waals surface area contributed by atoms with Crippen LogP contribution in [0, 0.1) is 13.8 Å². The lowest BCUT2D eigenvalue weighted by atomic mass is 9.99. The number of carbonyl (C=O) groups excluding carboxylic acids is 1. The summed E-state index contributed by atoms with van der Waals surface area (Å²) in [5.41, 5.74) is 1.96. The molecule has 3 aromatic rings. The van der Waals surface area contributed by atoms with Crippen LogP contribution in [-0.4, -0.2) is 35.0 Å². The van der Waals surface area contributed by atoms with Crippen molar-refractivity contribution in [3.05, 3.63) is 76.6 Å². The Bertz CT molecular complexity index is 1220. The van der Waals surface area contributed by atoms with Gasteiger partial charge in [0.1, 0.15) is 5.75 Å². The maximum Gasteiger partial charge on any atom is 0.416 e. The van der Waals surface area contributed by atoms with Crippen LogP contribution < -0.4 is 10.1 Å². The second kappa shape index (κ2) is 10.7. The van der Waals surface area contributed by atoms with Crippen LogP contribution >= 0.6 is 0 Å². The summed E-state index contributed by atoms with van der Waals surface area (Å²) in [7, 11) is 1.85. The van der Waals surface area contributed by atoms with Gasteiger partial charge in [-0.1, -0.05) is 12.1 Å². The monoisotopic (exact) mass is 503 g/mol. The van der Waals surface area contributed by atoms with Gasteiger partial charge >= 0.3 is 12.1 Å². The minimum Gasteiger partial charge on any atom is -0.476 e. The normalized spacial score (nSPS) is 12.9. The van der Waals surface area contributed by atoms with Gasteiger partial charge in [-0.2, -0.15) is 18.3 Å². The number of aryl methyl sites for hydroxylation is 2. The maximum atomic E-state index is 13.1. The summed E-state index contributed by atoms with van der Waals surface area (Å²) >= 11 is 0. The molecule has 0 saturated carbocycles. The molecule has 0 aliphatic heterocycles. The minimum atomic E-state index is -4.40. The molecule has 0 bridgehead atoms. The first kappa shape index (κ1) is 27.3. The van der Waals surface area contributed by atoms with Crippen LogP contribution in [0.4, 0.5) is 13.2 Å². The highest BCUT2D eigenvalue weighted by Crippen LogP contribution is 2.32. The largest absolute Gasteiger partial charge is 0.476 e. The van der Waals surface area contributed by atoms with Gasteiger partial charge in [0.2, 0.25) is 0 Å². The van der Waals surface area contributed by atoms with Crippen molar-refractivity contribution in [2.45, 2.75) is 58.9 Å². The molecule has 1 aromatic heterocycles. The molecule has 194 valence electrons. The third kappa shape index (κ3) is 6.07. The topological polar surface area (TPSA) is 65.4 Å². The summed E-state index contributed by atoms with van der Waals surface area (Å²) in [6.45, 7) is 8.90. The Kier molecular flexibility index (Phi) is 8.13. The van der Waals surface area contributed by atoms with E-state index >= 15 is 0 Å². The van der Waals surface area contributed by atoms with Crippen LogP contribution in [0.25, 0.3) is 5.69 Å². The fourth-order valence-corrected chi connectivity index (χ4v) is 3.99. The number of carbonyl (C=O) groups is 1. The molecule has 1 heterocycles. The van der Waals surface area contributed by atoms with Crippen LogP contribution in [-0.2, 0) is 22.1 Å². The Balaban J connectivity index is 1.83. The zero-order valence-electron chi connectivity index (χ0n) is 21.4. The number of esters is 1. The van der Waals surface area contributed by atoms with Gasteiger partial charge in [0.05, 0.1) is 17.9 Å². The SMILES string of the molecule is CCOC(=O)C(C)(C)Oc1ccc(C(Cc2ccnn2-c2ccc(C(F)(F)F)cc2C)NC)cc1C. The smallest absolute Gasteiger partial charge is 0.416 e. The second-order valence-electron chi connectivity index (χ2n) is 9.14. The zero-order valence-corrected chi connectivity index (χ0v) is 21.4. The average molecular weight is 504 g/mol. The highest BCUT2D eigenvalue weighted by molar-refractivity contribution is 5.79. The first-order chi connectivity index (χ1) is 16.9. The number of rotatable bonds is 9. The Morgan fingerprint density at radius 1 is 1.08 bits per heavy atom. The molecule has 3 rings (SSSR count). The lowest BCUT2D eigenvalue weighted by molar-refractivity contribution is -0.158. The van der Waals surface area contributed by atoms with E-state index in [1.165, 1.54) is 6.07 Å². The van der Waals surface area contributed by atoms with Crippen molar-refractivity contribution in [2.75, 3.05) is 13.7 Å². The number of hydrogen-bond donors (Lipinski definition) is 1. The Labute approximate surface area is 209 Å². The molecule has 1 atom stereocenters. The summed E-state index contributed by atoms with van der Waals surface area (Å²) < 4.78 is 52.0. The number of nitrogens with zero attached hydrogens (tertiary/aromatic N) is 2. The van der Waals surface area contributed by atoms with Crippen molar-refractivity contribution in [3.8, 4) is 11.4 Å². The van der Waals surface area contributed by atoms with Crippen molar-refractivity contribution in [2.24, 2.45) is 0 Å². The van der Waals surface area contributed by atoms with E-state index in [2.05, 4.69) is 10.4 Å². The molecule has 0 spiro atoms. The fraction of sp³-hybridized carbons (Fsp3) is 0.407. The summed E-state index contributed by atoms with van der Waals surface area (Å²) in [5.74, 6) is 0.144. The van der Waals surface area contributed by atoms with Gasteiger partial charge < -0.3 is 14.8 Å². The molecule has 0 fully saturated rings. The second-order valence-corrected chi connectivity index (χ2v) is 9.14. The highest BCUT2D eigenvalue weighted by Gasteiger charge is 2.32. The number of aromatic nitrogens is 2. The number of ether oxygens (including phenoxy) is 2. The van der Waals surface area contributed by atoms with E-state index in [1.54, 1.807) is 38.6 Å². The number of likely N-dealkylation sites (N-methyl/N-ethyl adjacent to an activating group) is 1. The number of benzene rings is 2. The highest BCUT2D eigenvalue weighted by atomic mass is 19.4. The summed E-state index contributed by atoms with van der Waals surface area (Å²) in [5, 5.41) is 7.67. The van der Waals surface area contributed by atoms with Crippen LogP contribution in [0.15, 0.2) is 48.7 Å². The van der Waals surface area contributed by atoms with Gasteiger partial charge in [-0.05, 0) is 88.7 Å². The molecule has 9 heteroatoms. The van der Waals surface area contributed by atoms with Gasteiger partial charge in [0.25, 0.3) is 0 Å². The summed E-state index contributed by atoms with van der Waals surface area (Å²) in [6.07, 6.45) is -2.21. The Morgan fingerprint density at radius 2 is 1.81 bits per heavy atom. The molecule has 1 unspecified atom stereocenters. The van der Waals surface area contributed by atoms with Gasteiger partial charge in [-0.25, -0.2) is 9.48 Å². The molecule has 0 aliphatic carbocycles. The van der Waals surface area contributed by atoms with E-state index < -0.39 is 23.3 Å². The Hall–Kier alpha value is -3.33. The fourth-order valence-electron chi connectivity index (χ4n) is 3.99. The third-order valence-corrected chi connectivity index (χ3v) is 5.97. The number of alkyl halides is 3. The molecular formula is C27H32F3N3O3. The van der Waals surface area contributed by atoms with E-state index in [9.17, 15) is 18.0 Å². The molecule has 0 radical (unpaired) electrons. The molecule has 1 N–H and O–H groups in total. The van der Waals surface area contributed by atoms with Crippen molar-refractivity contribution < 1.29 is 27.4 Å². The molecule has 0 aliphatic rings. The Morgan fingerprint density at radius 3 is 2.39 bits per heavy atom. The predicted molar refractivity (Wildman–Crippen MR) is 131 cm³/mol. The predicted octanol–water partition coefficient (Wildman–Crippen LogP) is 5.73. The number of nitrogens with one attached hydrogen (secondary N) is 1. The van der Waals surface area contributed by atoms with E-state index in [-0.39, 0.29) is 12.6 Å². The summed E-state index contributed by atoms with van der Waals surface area (Å²) in [4.78, 5) is 12.2. The molecular weight excluding hydrogens is 471 g/mol. The van der Waals surface area contributed by atoms with Gasteiger partial charge in [-0.15, -0.1) is 0 Å². The maximum absolute atomic E-state index is 13.1. The van der Waals surface area contributed by atoms with Gasteiger partial charge in [0, 0.05) is 24.4 Å². The molecule has 0 amide bonds. The third-order valence-electron chi connectivity index (χ3n) is 5.97. The average Bonchev–Trinajstić information content (AvgIpc) is 3.26.